The highest BCUT2D eigenvalue weighted by Crippen LogP contribution is 2.32. The summed E-state index contributed by atoms with van der Waals surface area (Å²) in [7, 11) is 0. The van der Waals surface area contributed by atoms with Crippen LogP contribution in [-0.2, 0) is 16.0 Å². The molecular formula is C22H20N2O3S. The molecule has 142 valence electrons. The summed E-state index contributed by atoms with van der Waals surface area (Å²) in [6.45, 7) is 3.72. The quantitative estimate of drug-likeness (QED) is 0.623. The first kappa shape index (κ1) is 18.4. The second-order valence-electron chi connectivity index (χ2n) is 6.93. The van der Waals surface area contributed by atoms with Crippen molar-refractivity contribution in [2.75, 3.05) is 11.5 Å². The summed E-state index contributed by atoms with van der Waals surface area (Å²) in [6.07, 6.45) is 0.807. The van der Waals surface area contributed by atoms with E-state index in [0.29, 0.717) is 0 Å². The zero-order chi connectivity index (χ0) is 19.7. The zero-order valence-electron chi connectivity index (χ0n) is 15.7. The highest BCUT2D eigenvalue weighted by atomic mass is 32.1. The second kappa shape index (κ2) is 7.56. The lowest BCUT2D eigenvalue weighted by molar-refractivity contribution is -0.122. The van der Waals surface area contributed by atoms with Gasteiger partial charge in [0.1, 0.15) is 5.01 Å². The Morgan fingerprint density at radius 1 is 1.18 bits per heavy atom. The molecule has 0 N–H and O–H groups in total. The van der Waals surface area contributed by atoms with Gasteiger partial charge in [0.15, 0.2) is 12.3 Å². The lowest BCUT2D eigenvalue weighted by Gasteiger charge is -2.22. The van der Waals surface area contributed by atoms with E-state index < -0.39 is 5.97 Å². The van der Waals surface area contributed by atoms with E-state index in [1.807, 2.05) is 62.4 Å². The number of fused-ring (bicyclic) bond motifs is 1. The van der Waals surface area contributed by atoms with E-state index in [9.17, 15) is 9.59 Å². The number of carbonyl (C=O) groups excluding carboxylic acids is 2. The van der Waals surface area contributed by atoms with Crippen LogP contribution >= 0.6 is 11.3 Å². The monoisotopic (exact) mass is 392 g/mol. The first-order valence-corrected chi connectivity index (χ1v) is 10.0. The molecule has 6 heteroatoms. The van der Waals surface area contributed by atoms with Crippen LogP contribution in [0, 0.1) is 6.92 Å². The summed E-state index contributed by atoms with van der Waals surface area (Å²) in [6, 6.07) is 15.8. The minimum Gasteiger partial charge on any atom is -0.451 e. The van der Waals surface area contributed by atoms with Gasteiger partial charge in [-0.1, -0.05) is 48.0 Å². The highest BCUT2D eigenvalue weighted by Gasteiger charge is 2.31. The first-order chi connectivity index (χ1) is 13.5. The third kappa shape index (κ3) is 3.55. The molecule has 0 fully saturated rings. The van der Waals surface area contributed by atoms with Gasteiger partial charge < -0.3 is 9.64 Å². The van der Waals surface area contributed by atoms with Crippen LogP contribution in [0.3, 0.4) is 0 Å². The summed E-state index contributed by atoms with van der Waals surface area (Å²) in [5.41, 5.74) is 4.37. The minimum absolute atomic E-state index is 0.0519. The van der Waals surface area contributed by atoms with Crippen molar-refractivity contribution in [3.8, 4) is 10.6 Å². The van der Waals surface area contributed by atoms with Gasteiger partial charge in [-0.2, -0.15) is 0 Å². The maximum Gasteiger partial charge on any atom is 0.358 e. The number of hydrogen-bond donors (Lipinski definition) is 0. The third-order valence-electron chi connectivity index (χ3n) is 4.81. The number of thiazole rings is 1. The predicted molar refractivity (Wildman–Crippen MR) is 110 cm³/mol. The lowest BCUT2D eigenvalue weighted by Crippen LogP contribution is -2.38. The molecular weight excluding hydrogens is 372 g/mol. The standard InChI is InChI=1S/C22H20N2O3S/c1-14-7-9-16(10-8-14)21-23-18(13-28-21)22(26)27-12-20(25)24-15(2)11-17-5-3-4-6-19(17)24/h3-10,13,15H,11-12H2,1-2H3. The van der Waals surface area contributed by atoms with E-state index in [-0.39, 0.29) is 24.2 Å². The van der Waals surface area contributed by atoms with E-state index in [2.05, 4.69) is 4.98 Å². The molecule has 0 aliphatic carbocycles. The SMILES string of the molecule is Cc1ccc(-c2nc(C(=O)OCC(=O)N3c4ccccc4CC3C)cs2)cc1. The third-order valence-corrected chi connectivity index (χ3v) is 5.71. The summed E-state index contributed by atoms with van der Waals surface area (Å²) >= 11 is 1.38. The van der Waals surface area contributed by atoms with Gasteiger partial charge in [0, 0.05) is 22.7 Å². The van der Waals surface area contributed by atoms with Crippen LogP contribution in [0.15, 0.2) is 53.9 Å². The van der Waals surface area contributed by atoms with Crippen molar-refractivity contribution < 1.29 is 14.3 Å². The molecule has 2 heterocycles. The number of carbonyl (C=O) groups is 2. The molecule has 2 aromatic carbocycles. The molecule has 1 aromatic heterocycles. The van der Waals surface area contributed by atoms with Crippen molar-refractivity contribution in [3.05, 3.63) is 70.7 Å². The van der Waals surface area contributed by atoms with Crippen LogP contribution in [0.5, 0.6) is 0 Å². The van der Waals surface area contributed by atoms with Crippen molar-refractivity contribution >= 4 is 28.9 Å². The molecule has 0 bridgehead atoms. The van der Waals surface area contributed by atoms with Gasteiger partial charge in [-0.25, -0.2) is 9.78 Å². The molecule has 0 spiro atoms. The summed E-state index contributed by atoms with van der Waals surface area (Å²) in [5.74, 6) is -0.803. The summed E-state index contributed by atoms with van der Waals surface area (Å²) in [4.78, 5) is 31.1. The maximum atomic E-state index is 12.6. The van der Waals surface area contributed by atoms with Crippen molar-refractivity contribution in [2.24, 2.45) is 0 Å². The Bertz CT molecular complexity index is 1030. The number of amides is 1. The maximum absolute atomic E-state index is 12.6. The molecule has 1 aliphatic heterocycles. The van der Waals surface area contributed by atoms with Crippen LogP contribution in [0.2, 0.25) is 0 Å². The average molecular weight is 392 g/mol. The Kier molecular flexibility index (Phi) is 4.96. The fourth-order valence-corrected chi connectivity index (χ4v) is 4.21. The van der Waals surface area contributed by atoms with Gasteiger partial charge in [-0.15, -0.1) is 11.3 Å². The summed E-state index contributed by atoms with van der Waals surface area (Å²) < 4.78 is 5.25. The first-order valence-electron chi connectivity index (χ1n) is 9.12. The second-order valence-corrected chi connectivity index (χ2v) is 7.78. The van der Waals surface area contributed by atoms with Crippen LogP contribution < -0.4 is 4.90 Å². The molecule has 4 rings (SSSR count). The van der Waals surface area contributed by atoms with Gasteiger partial charge >= 0.3 is 5.97 Å². The zero-order valence-corrected chi connectivity index (χ0v) is 16.5. The molecule has 1 aliphatic rings. The van der Waals surface area contributed by atoms with Gasteiger partial charge in [0.2, 0.25) is 0 Å². The van der Waals surface area contributed by atoms with Crippen molar-refractivity contribution in [1.82, 2.24) is 4.98 Å². The number of para-hydroxylation sites is 1. The molecule has 28 heavy (non-hydrogen) atoms. The smallest absolute Gasteiger partial charge is 0.358 e. The largest absolute Gasteiger partial charge is 0.451 e. The van der Waals surface area contributed by atoms with Crippen LogP contribution in [0.25, 0.3) is 10.6 Å². The van der Waals surface area contributed by atoms with Crippen molar-refractivity contribution in [1.29, 1.82) is 0 Å². The number of aromatic nitrogens is 1. The Hall–Kier alpha value is -2.99. The van der Waals surface area contributed by atoms with E-state index in [0.717, 1.165) is 33.8 Å². The van der Waals surface area contributed by atoms with Gasteiger partial charge in [-0.05, 0) is 31.9 Å². The number of aryl methyl sites for hydroxylation is 1. The Morgan fingerprint density at radius 3 is 2.71 bits per heavy atom. The Labute approximate surface area is 167 Å². The van der Waals surface area contributed by atoms with Crippen LogP contribution in [-0.4, -0.2) is 29.5 Å². The van der Waals surface area contributed by atoms with E-state index >= 15 is 0 Å². The number of esters is 1. The number of rotatable bonds is 4. The van der Waals surface area contributed by atoms with Crippen molar-refractivity contribution in [2.45, 2.75) is 26.3 Å². The molecule has 0 saturated carbocycles. The predicted octanol–water partition coefficient (Wildman–Crippen LogP) is 4.25. The van der Waals surface area contributed by atoms with Crippen LogP contribution in [0.1, 0.15) is 28.5 Å². The van der Waals surface area contributed by atoms with E-state index in [1.165, 1.54) is 11.3 Å². The lowest BCUT2D eigenvalue weighted by atomic mass is 10.1. The number of hydrogen-bond acceptors (Lipinski definition) is 5. The van der Waals surface area contributed by atoms with E-state index in [1.54, 1.807) is 10.3 Å². The van der Waals surface area contributed by atoms with Gasteiger partial charge in [0.25, 0.3) is 5.91 Å². The fraction of sp³-hybridized carbons (Fsp3) is 0.227. The molecule has 1 amide bonds. The molecule has 1 atom stereocenters. The molecule has 3 aromatic rings. The molecule has 1 unspecified atom stereocenters. The van der Waals surface area contributed by atoms with Crippen molar-refractivity contribution in [3.63, 3.8) is 0 Å². The normalized spacial score (nSPS) is 15.4. The van der Waals surface area contributed by atoms with Gasteiger partial charge in [0.05, 0.1) is 0 Å². The number of nitrogens with zero attached hydrogens (tertiary/aromatic N) is 2. The molecule has 0 saturated heterocycles. The number of ether oxygens (including phenoxy) is 1. The Balaban J connectivity index is 1.41. The molecule has 0 radical (unpaired) electrons. The summed E-state index contributed by atoms with van der Waals surface area (Å²) in [5, 5.41) is 2.41. The van der Waals surface area contributed by atoms with Crippen LogP contribution in [0.4, 0.5) is 5.69 Å². The van der Waals surface area contributed by atoms with Gasteiger partial charge in [-0.3, -0.25) is 4.79 Å². The topological polar surface area (TPSA) is 59.5 Å². The molecule has 5 nitrogen and oxygen atoms in total. The number of anilines is 1. The number of benzene rings is 2. The average Bonchev–Trinajstić information content (AvgIpc) is 3.30. The highest BCUT2D eigenvalue weighted by molar-refractivity contribution is 7.13. The van der Waals surface area contributed by atoms with E-state index in [4.69, 9.17) is 4.74 Å². The minimum atomic E-state index is -0.580. The Morgan fingerprint density at radius 2 is 1.93 bits per heavy atom. The fourth-order valence-electron chi connectivity index (χ4n) is 3.41.